The number of aromatic hydroxyl groups is 1. The average molecular weight is 291 g/mol. The van der Waals surface area contributed by atoms with Crippen LogP contribution in [0.3, 0.4) is 0 Å². The summed E-state index contributed by atoms with van der Waals surface area (Å²) in [7, 11) is 0. The predicted octanol–water partition coefficient (Wildman–Crippen LogP) is 2.77. The lowest BCUT2D eigenvalue weighted by Gasteiger charge is -2.15. The molecule has 1 N–H and O–H groups in total. The number of epoxide rings is 1. The van der Waals surface area contributed by atoms with Gasteiger partial charge >= 0.3 is 0 Å². The first-order valence-corrected chi connectivity index (χ1v) is 5.78. The Morgan fingerprint density at radius 3 is 3.00 bits per heavy atom. The number of halogens is 2. The highest BCUT2D eigenvalue weighted by Crippen LogP contribution is 2.34. The number of phenols is 1. The molecule has 3 nitrogen and oxygen atoms in total. The second-order valence-corrected chi connectivity index (χ2v) is 4.55. The van der Waals surface area contributed by atoms with Gasteiger partial charge in [-0.15, -0.1) is 0 Å². The highest BCUT2D eigenvalue weighted by atomic mass is 79.9. The minimum atomic E-state index is -0.478. The maximum atomic E-state index is 13.1. The zero-order chi connectivity index (χ0) is 11.7. The van der Waals surface area contributed by atoms with Crippen LogP contribution in [0.2, 0.25) is 0 Å². The van der Waals surface area contributed by atoms with E-state index in [0.717, 1.165) is 12.7 Å². The van der Waals surface area contributed by atoms with Crippen LogP contribution in [0.4, 0.5) is 4.39 Å². The first kappa shape index (κ1) is 11.8. The Morgan fingerprint density at radius 1 is 1.69 bits per heavy atom. The average Bonchev–Trinajstić information content (AvgIpc) is 3.03. The minimum absolute atomic E-state index is 0.117. The van der Waals surface area contributed by atoms with Crippen LogP contribution in [0.15, 0.2) is 16.6 Å². The van der Waals surface area contributed by atoms with Gasteiger partial charge in [-0.05, 0) is 28.9 Å². The maximum absolute atomic E-state index is 13.1. The minimum Gasteiger partial charge on any atom is -0.507 e. The van der Waals surface area contributed by atoms with Gasteiger partial charge in [-0.2, -0.15) is 0 Å². The topological polar surface area (TPSA) is 42.0 Å². The van der Waals surface area contributed by atoms with Crippen molar-refractivity contribution in [1.82, 2.24) is 0 Å². The standard InChI is InChI=1S/C11H12BrFO3/c1-6(15-4-8-5-16-8)9-2-7(13)3-10(14)11(9)12/h2-3,6,8,14H,4-5H2,1H3. The van der Waals surface area contributed by atoms with E-state index in [1.54, 1.807) is 6.92 Å². The van der Waals surface area contributed by atoms with Crippen LogP contribution in [-0.4, -0.2) is 24.4 Å². The van der Waals surface area contributed by atoms with Gasteiger partial charge in [0.15, 0.2) is 0 Å². The van der Waals surface area contributed by atoms with E-state index in [9.17, 15) is 9.50 Å². The molecule has 1 aromatic carbocycles. The van der Waals surface area contributed by atoms with E-state index in [1.807, 2.05) is 0 Å². The van der Waals surface area contributed by atoms with Gasteiger partial charge in [0.05, 0.1) is 23.8 Å². The molecule has 1 saturated heterocycles. The Bertz CT molecular complexity index is 393. The summed E-state index contributed by atoms with van der Waals surface area (Å²) in [6, 6.07) is 2.41. The monoisotopic (exact) mass is 290 g/mol. The van der Waals surface area contributed by atoms with Crippen molar-refractivity contribution in [2.75, 3.05) is 13.2 Å². The van der Waals surface area contributed by atoms with Crippen LogP contribution in [0, 0.1) is 5.82 Å². The van der Waals surface area contributed by atoms with E-state index >= 15 is 0 Å². The number of phenolic OH excluding ortho intramolecular Hbond substituents is 1. The van der Waals surface area contributed by atoms with Crippen molar-refractivity contribution in [2.24, 2.45) is 0 Å². The summed E-state index contributed by atoms with van der Waals surface area (Å²) < 4.78 is 24.1. The molecule has 1 aliphatic rings. The number of hydrogen-bond donors (Lipinski definition) is 1. The lowest BCUT2D eigenvalue weighted by molar-refractivity contribution is 0.0532. The second-order valence-electron chi connectivity index (χ2n) is 3.76. The van der Waals surface area contributed by atoms with E-state index in [2.05, 4.69) is 15.9 Å². The fourth-order valence-electron chi connectivity index (χ4n) is 1.40. The quantitative estimate of drug-likeness (QED) is 0.867. The first-order chi connectivity index (χ1) is 7.58. The molecule has 1 aliphatic heterocycles. The van der Waals surface area contributed by atoms with Crippen molar-refractivity contribution in [3.63, 3.8) is 0 Å². The van der Waals surface area contributed by atoms with Gasteiger partial charge < -0.3 is 14.6 Å². The van der Waals surface area contributed by atoms with Crippen LogP contribution < -0.4 is 0 Å². The molecule has 0 radical (unpaired) electrons. The third kappa shape index (κ3) is 2.72. The van der Waals surface area contributed by atoms with Crippen LogP contribution >= 0.6 is 15.9 Å². The van der Waals surface area contributed by atoms with Gasteiger partial charge in [0.1, 0.15) is 17.7 Å². The van der Waals surface area contributed by atoms with Crippen molar-refractivity contribution < 1.29 is 19.0 Å². The summed E-state index contributed by atoms with van der Waals surface area (Å²) in [6.45, 7) is 3.02. The van der Waals surface area contributed by atoms with E-state index in [1.165, 1.54) is 6.07 Å². The third-order valence-electron chi connectivity index (χ3n) is 2.42. The van der Waals surface area contributed by atoms with E-state index in [4.69, 9.17) is 9.47 Å². The summed E-state index contributed by atoms with van der Waals surface area (Å²) in [4.78, 5) is 0. The molecule has 1 aromatic rings. The Balaban J connectivity index is 2.10. The second kappa shape index (κ2) is 4.69. The molecule has 1 fully saturated rings. The molecule has 88 valence electrons. The molecule has 0 bridgehead atoms. The largest absolute Gasteiger partial charge is 0.507 e. The zero-order valence-electron chi connectivity index (χ0n) is 8.74. The molecule has 0 amide bonds. The smallest absolute Gasteiger partial charge is 0.133 e. The van der Waals surface area contributed by atoms with Crippen molar-refractivity contribution in [3.05, 3.63) is 28.0 Å². The van der Waals surface area contributed by atoms with Crippen molar-refractivity contribution in [3.8, 4) is 5.75 Å². The van der Waals surface area contributed by atoms with Gasteiger partial charge in [-0.3, -0.25) is 0 Å². The summed E-state index contributed by atoms with van der Waals surface area (Å²) in [5.41, 5.74) is 0.596. The normalized spacial score (nSPS) is 20.8. The molecular weight excluding hydrogens is 279 g/mol. The maximum Gasteiger partial charge on any atom is 0.133 e. The molecule has 2 atom stereocenters. The molecule has 5 heteroatoms. The summed E-state index contributed by atoms with van der Waals surface area (Å²) >= 11 is 3.21. The number of hydrogen-bond acceptors (Lipinski definition) is 3. The molecular formula is C11H12BrFO3. The van der Waals surface area contributed by atoms with E-state index < -0.39 is 5.82 Å². The zero-order valence-corrected chi connectivity index (χ0v) is 10.3. The van der Waals surface area contributed by atoms with Crippen LogP contribution in [-0.2, 0) is 9.47 Å². The molecule has 0 saturated carbocycles. The number of rotatable bonds is 4. The Labute approximate surface area is 101 Å². The highest BCUT2D eigenvalue weighted by molar-refractivity contribution is 9.10. The molecule has 2 unspecified atom stereocenters. The lowest BCUT2D eigenvalue weighted by Crippen LogP contribution is -2.07. The van der Waals surface area contributed by atoms with Crippen LogP contribution in [0.1, 0.15) is 18.6 Å². The number of benzene rings is 1. The van der Waals surface area contributed by atoms with Crippen LogP contribution in [0.25, 0.3) is 0 Å². The third-order valence-corrected chi connectivity index (χ3v) is 3.28. The van der Waals surface area contributed by atoms with Gasteiger partial charge in [-0.1, -0.05) is 0 Å². The van der Waals surface area contributed by atoms with E-state index in [-0.39, 0.29) is 18.0 Å². The lowest BCUT2D eigenvalue weighted by atomic mass is 10.1. The Kier molecular flexibility index (Phi) is 3.47. The van der Waals surface area contributed by atoms with Crippen molar-refractivity contribution in [2.45, 2.75) is 19.1 Å². The summed E-state index contributed by atoms with van der Waals surface area (Å²) in [5, 5.41) is 9.45. The molecule has 0 aromatic heterocycles. The van der Waals surface area contributed by atoms with Gasteiger partial charge in [0.25, 0.3) is 0 Å². The fraction of sp³-hybridized carbons (Fsp3) is 0.455. The first-order valence-electron chi connectivity index (χ1n) is 4.99. The van der Waals surface area contributed by atoms with Crippen LogP contribution in [0.5, 0.6) is 5.75 Å². The van der Waals surface area contributed by atoms with Gasteiger partial charge in [0.2, 0.25) is 0 Å². The molecule has 0 aliphatic carbocycles. The molecule has 16 heavy (non-hydrogen) atoms. The highest BCUT2D eigenvalue weighted by Gasteiger charge is 2.24. The number of ether oxygens (including phenoxy) is 2. The summed E-state index contributed by atoms with van der Waals surface area (Å²) in [5.74, 6) is -0.595. The van der Waals surface area contributed by atoms with Gasteiger partial charge in [-0.25, -0.2) is 4.39 Å². The fourth-order valence-corrected chi connectivity index (χ4v) is 1.95. The molecule has 2 rings (SSSR count). The van der Waals surface area contributed by atoms with Crippen molar-refractivity contribution >= 4 is 15.9 Å². The van der Waals surface area contributed by atoms with Crippen molar-refractivity contribution in [1.29, 1.82) is 0 Å². The van der Waals surface area contributed by atoms with E-state index in [0.29, 0.717) is 16.6 Å². The predicted molar refractivity (Wildman–Crippen MR) is 59.9 cm³/mol. The summed E-state index contributed by atoms with van der Waals surface area (Å²) in [6.07, 6.45) is -0.122. The molecule has 1 heterocycles. The Morgan fingerprint density at radius 2 is 2.38 bits per heavy atom. The SMILES string of the molecule is CC(OCC1CO1)c1cc(F)cc(O)c1Br. The molecule has 0 spiro atoms. The Hall–Kier alpha value is -0.650. The van der Waals surface area contributed by atoms with Gasteiger partial charge in [0, 0.05) is 11.6 Å².